The van der Waals surface area contributed by atoms with Gasteiger partial charge in [-0.15, -0.1) is 10.2 Å². The van der Waals surface area contributed by atoms with Gasteiger partial charge in [0.1, 0.15) is 5.01 Å². The van der Waals surface area contributed by atoms with Crippen molar-refractivity contribution in [1.82, 2.24) is 10.2 Å². The Morgan fingerprint density at radius 1 is 1.09 bits per heavy atom. The normalized spacial score (nSPS) is 11.1. The molecule has 0 bridgehead atoms. The minimum atomic E-state index is -4.64. The smallest absolute Gasteiger partial charge is 0.317 e. The number of hydrogen-bond donors (Lipinski definition) is 2. The summed E-state index contributed by atoms with van der Waals surface area (Å²) >= 11 is 1.03. The van der Waals surface area contributed by atoms with Crippen molar-refractivity contribution in [2.75, 3.05) is 10.6 Å². The van der Waals surface area contributed by atoms with Crippen LogP contribution in [0.2, 0.25) is 0 Å². The average Bonchev–Trinajstić information content (AvgIpc) is 2.83. The lowest BCUT2D eigenvalue weighted by Gasteiger charge is -2.12. The molecule has 0 atom stereocenters. The van der Waals surface area contributed by atoms with E-state index in [1.165, 1.54) is 12.1 Å². The molecule has 2 amide bonds. The number of hydrogen-bond acceptors (Lipinski definition) is 5. The second kappa shape index (κ2) is 6.10. The van der Waals surface area contributed by atoms with Gasteiger partial charge in [0.05, 0.1) is 11.3 Å². The highest BCUT2D eigenvalue weighted by molar-refractivity contribution is 7.15. The van der Waals surface area contributed by atoms with E-state index in [0.717, 1.165) is 23.5 Å². The van der Waals surface area contributed by atoms with E-state index in [1.54, 1.807) is 6.92 Å². The summed E-state index contributed by atoms with van der Waals surface area (Å²) in [5.74, 6) is -2.36. The molecule has 2 N–H and O–H groups in total. The first-order valence-corrected chi connectivity index (χ1v) is 6.67. The summed E-state index contributed by atoms with van der Waals surface area (Å²) in [4.78, 5) is 23.3. The number of alkyl halides is 3. The fraction of sp³-hybridized carbons (Fsp3) is 0.167. The number of aromatic nitrogens is 2. The molecular weight excluding hydrogens is 321 g/mol. The molecule has 0 saturated heterocycles. The first kappa shape index (κ1) is 15.9. The van der Waals surface area contributed by atoms with Crippen molar-refractivity contribution in [3.05, 3.63) is 34.8 Å². The van der Waals surface area contributed by atoms with Gasteiger partial charge < -0.3 is 5.32 Å². The molecule has 0 aliphatic heterocycles. The number of carbonyl (C=O) groups is 2. The first-order chi connectivity index (χ1) is 10.3. The predicted molar refractivity (Wildman–Crippen MR) is 73.3 cm³/mol. The average molecular weight is 330 g/mol. The van der Waals surface area contributed by atoms with E-state index in [9.17, 15) is 22.8 Å². The van der Waals surface area contributed by atoms with E-state index < -0.39 is 29.2 Å². The summed E-state index contributed by atoms with van der Waals surface area (Å²) in [7, 11) is 0. The highest BCUT2D eigenvalue weighted by Crippen LogP contribution is 2.34. The minimum absolute atomic E-state index is 0.0850. The summed E-state index contributed by atoms with van der Waals surface area (Å²) in [6, 6.07) is 4.37. The predicted octanol–water partition coefficient (Wildman–Crippen LogP) is 2.44. The molecule has 0 unspecified atom stereocenters. The van der Waals surface area contributed by atoms with Gasteiger partial charge in [-0.25, -0.2) is 0 Å². The second-order valence-corrected chi connectivity index (χ2v) is 5.26. The van der Waals surface area contributed by atoms with Crippen molar-refractivity contribution in [3.63, 3.8) is 0 Å². The van der Waals surface area contributed by atoms with Crippen LogP contribution in [0.15, 0.2) is 24.3 Å². The van der Waals surface area contributed by atoms with E-state index >= 15 is 0 Å². The van der Waals surface area contributed by atoms with Crippen LogP contribution in [0.3, 0.4) is 0 Å². The lowest BCUT2D eigenvalue weighted by atomic mass is 10.1. The van der Waals surface area contributed by atoms with Gasteiger partial charge in [0.2, 0.25) is 5.13 Å². The Balaban J connectivity index is 2.10. The van der Waals surface area contributed by atoms with Crippen LogP contribution in [-0.2, 0) is 15.8 Å². The van der Waals surface area contributed by atoms with Crippen molar-refractivity contribution in [3.8, 4) is 0 Å². The molecule has 0 aliphatic carbocycles. The van der Waals surface area contributed by atoms with Crippen LogP contribution in [0.25, 0.3) is 0 Å². The molecule has 0 radical (unpaired) electrons. The highest BCUT2D eigenvalue weighted by atomic mass is 32.1. The summed E-state index contributed by atoms with van der Waals surface area (Å²) < 4.78 is 38.3. The maximum atomic E-state index is 12.8. The third-order valence-corrected chi connectivity index (χ3v) is 3.19. The molecule has 1 aromatic heterocycles. The topological polar surface area (TPSA) is 84.0 Å². The Kier molecular flexibility index (Phi) is 4.40. The van der Waals surface area contributed by atoms with Crippen molar-refractivity contribution in [2.24, 2.45) is 0 Å². The quantitative estimate of drug-likeness (QED) is 0.829. The van der Waals surface area contributed by atoms with E-state index in [2.05, 4.69) is 15.5 Å². The van der Waals surface area contributed by atoms with Gasteiger partial charge >= 0.3 is 18.0 Å². The van der Waals surface area contributed by atoms with Crippen LogP contribution >= 0.6 is 11.3 Å². The Hall–Kier alpha value is -2.49. The molecule has 116 valence electrons. The molecule has 0 aliphatic rings. The highest BCUT2D eigenvalue weighted by Gasteiger charge is 2.34. The van der Waals surface area contributed by atoms with E-state index in [-0.39, 0.29) is 5.13 Å². The fourth-order valence-electron chi connectivity index (χ4n) is 1.52. The number of rotatable bonds is 2. The van der Waals surface area contributed by atoms with Crippen molar-refractivity contribution in [2.45, 2.75) is 13.1 Å². The largest absolute Gasteiger partial charge is 0.418 e. The molecule has 2 rings (SSSR count). The maximum Gasteiger partial charge on any atom is 0.418 e. The monoisotopic (exact) mass is 330 g/mol. The standard InChI is InChI=1S/C12H9F3N4O2S/c1-6-18-19-11(22-6)17-10(21)9(20)16-8-5-3-2-4-7(8)12(13,14)15/h2-5H,1H3,(H,16,20)(H,17,19,21). The van der Waals surface area contributed by atoms with Gasteiger partial charge in [0, 0.05) is 0 Å². The minimum Gasteiger partial charge on any atom is -0.317 e. The molecule has 1 aromatic carbocycles. The van der Waals surface area contributed by atoms with Gasteiger partial charge in [-0.05, 0) is 19.1 Å². The lowest BCUT2D eigenvalue weighted by molar-refractivity contribution is -0.137. The van der Waals surface area contributed by atoms with E-state index in [1.807, 2.05) is 5.32 Å². The molecule has 22 heavy (non-hydrogen) atoms. The Bertz CT molecular complexity index is 714. The van der Waals surface area contributed by atoms with E-state index in [0.29, 0.717) is 5.01 Å². The van der Waals surface area contributed by atoms with Crippen LogP contribution < -0.4 is 10.6 Å². The fourth-order valence-corrected chi connectivity index (χ4v) is 2.11. The molecule has 0 fully saturated rings. The van der Waals surface area contributed by atoms with Gasteiger partial charge in [-0.1, -0.05) is 23.5 Å². The van der Waals surface area contributed by atoms with E-state index in [4.69, 9.17) is 0 Å². The number of para-hydroxylation sites is 1. The Labute approximate surface area is 126 Å². The molecule has 0 spiro atoms. The van der Waals surface area contributed by atoms with Crippen LogP contribution in [0, 0.1) is 6.92 Å². The summed E-state index contributed by atoms with van der Waals surface area (Å²) in [6.07, 6.45) is -4.64. The molecule has 10 heteroatoms. The van der Waals surface area contributed by atoms with Crippen LogP contribution in [0.4, 0.5) is 24.0 Å². The van der Waals surface area contributed by atoms with Crippen molar-refractivity contribution >= 4 is 34.0 Å². The molecule has 2 aromatic rings. The molecular formula is C12H9F3N4O2S. The number of amides is 2. The molecule has 6 nitrogen and oxygen atoms in total. The number of halogens is 3. The van der Waals surface area contributed by atoms with Gasteiger partial charge in [0.15, 0.2) is 0 Å². The first-order valence-electron chi connectivity index (χ1n) is 5.86. The maximum absolute atomic E-state index is 12.8. The zero-order valence-electron chi connectivity index (χ0n) is 11.1. The third-order valence-electron chi connectivity index (χ3n) is 2.43. The molecule has 1 heterocycles. The zero-order chi connectivity index (χ0) is 16.3. The van der Waals surface area contributed by atoms with Crippen molar-refractivity contribution in [1.29, 1.82) is 0 Å². The number of nitrogens with one attached hydrogen (secondary N) is 2. The third kappa shape index (κ3) is 3.79. The van der Waals surface area contributed by atoms with Crippen LogP contribution in [0.1, 0.15) is 10.6 Å². The summed E-state index contributed by atoms with van der Waals surface area (Å²) in [5.41, 5.74) is -1.54. The number of nitrogens with zero attached hydrogens (tertiary/aromatic N) is 2. The molecule has 0 saturated carbocycles. The number of benzene rings is 1. The lowest BCUT2D eigenvalue weighted by Crippen LogP contribution is -2.30. The summed E-state index contributed by atoms with van der Waals surface area (Å²) in [6.45, 7) is 1.65. The number of anilines is 2. The van der Waals surface area contributed by atoms with Crippen LogP contribution in [-0.4, -0.2) is 22.0 Å². The van der Waals surface area contributed by atoms with Gasteiger partial charge in [0.25, 0.3) is 0 Å². The Morgan fingerprint density at radius 2 is 1.73 bits per heavy atom. The van der Waals surface area contributed by atoms with Gasteiger partial charge in [-0.3, -0.25) is 14.9 Å². The number of aryl methyl sites for hydroxylation is 1. The SMILES string of the molecule is Cc1nnc(NC(=O)C(=O)Nc2ccccc2C(F)(F)F)s1. The zero-order valence-corrected chi connectivity index (χ0v) is 11.9. The second-order valence-electron chi connectivity index (χ2n) is 4.08. The van der Waals surface area contributed by atoms with Crippen molar-refractivity contribution < 1.29 is 22.8 Å². The Morgan fingerprint density at radius 3 is 2.32 bits per heavy atom. The number of carbonyl (C=O) groups excluding carboxylic acids is 2. The van der Waals surface area contributed by atoms with Gasteiger partial charge in [-0.2, -0.15) is 13.2 Å². The summed E-state index contributed by atoms with van der Waals surface area (Å²) in [5, 5.41) is 11.9. The van der Waals surface area contributed by atoms with Crippen LogP contribution in [0.5, 0.6) is 0 Å².